The lowest BCUT2D eigenvalue weighted by Gasteiger charge is -2.33. The van der Waals surface area contributed by atoms with Gasteiger partial charge in [-0.3, -0.25) is 14.6 Å². The Morgan fingerprint density at radius 3 is 2.67 bits per heavy atom. The summed E-state index contributed by atoms with van der Waals surface area (Å²) in [5.41, 5.74) is 2.27. The van der Waals surface area contributed by atoms with E-state index in [1.165, 1.54) is 25.0 Å². The summed E-state index contributed by atoms with van der Waals surface area (Å²) in [6.45, 7) is 14.0. The third-order valence-electron chi connectivity index (χ3n) is 5.66. The van der Waals surface area contributed by atoms with Crippen molar-refractivity contribution in [1.29, 1.82) is 0 Å². The molecule has 2 aromatic rings. The van der Waals surface area contributed by atoms with E-state index in [4.69, 9.17) is 9.41 Å². The van der Waals surface area contributed by atoms with Crippen LogP contribution in [0.15, 0.2) is 33.9 Å². The fourth-order valence-electron chi connectivity index (χ4n) is 4.12. The lowest BCUT2D eigenvalue weighted by Crippen LogP contribution is -2.44. The predicted octanol–water partition coefficient (Wildman–Crippen LogP) is 3.51. The largest absolute Gasteiger partial charge is 0.468 e. The number of aryl methyl sites for hydroxylation is 2. The highest BCUT2D eigenvalue weighted by atomic mass is 16.3. The number of nitrogens with one attached hydrogen (secondary N) is 2. The molecule has 2 atom stereocenters. The molecule has 0 amide bonds. The minimum Gasteiger partial charge on any atom is -0.468 e. The molecule has 1 saturated heterocycles. The normalized spacial score (nSPS) is 17.7. The molecule has 0 spiro atoms. The number of piperidine rings is 1. The fourth-order valence-corrected chi connectivity index (χ4v) is 4.12. The molecule has 3 heterocycles. The highest BCUT2D eigenvalue weighted by molar-refractivity contribution is 5.79. The van der Waals surface area contributed by atoms with Crippen molar-refractivity contribution in [3.63, 3.8) is 0 Å². The summed E-state index contributed by atoms with van der Waals surface area (Å²) in [4.78, 5) is 7.38. The number of nitrogens with zero attached hydrogens (tertiary/aromatic N) is 4. The van der Waals surface area contributed by atoms with E-state index in [-0.39, 0.29) is 6.04 Å². The zero-order valence-corrected chi connectivity index (χ0v) is 19.0. The molecule has 2 unspecified atom stereocenters. The first-order valence-electron chi connectivity index (χ1n) is 11.4. The smallest absolute Gasteiger partial charge is 0.191 e. The molecule has 0 radical (unpaired) electrons. The lowest BCUT2D eigenvalue weighted by atomic mass is 10.1. The molecule has 1 aliphatic rings. The molecule has 1 fully saturated rings. The van der Waals surface area contributed by atoms with Crippen molar-refractivity contribution in [3.8, 4) is 0 Å². The van der Waals surface area contributed by atoms with Gasteiger partial charge in [0.25, 0.3) is 0 Å². The predicted molar refractivity (Wildman–Crippen MR) is 122 cm³/mol. The summed E-state index contributed by atoms with van der Waals surface area (Å²) < 4.78 is 7.85. The number of furan rings is 1. The van der Waals surface area contributed by atoms with Gasteiger partial charge in [0, 0.05) is 31.9 Å². The Morgan fingerprint density at radius 2 is 2.03 bits per heavy atom. The SMILES string of the molecule is CCNC(=NCC(C)Cn1nc(C)cc1C)NCC(c1ccco1)N1CCCCC1. The molecule has 166 valence electrons. The van der Waals surface area contributed by atoms with Crippen LogP contribution in [-0.2, 0) is 6.54 Å². The van der Waals surface area contributed by atoms with E-state index in [1.807, 2.05) is 13.0 Å². The van der Waals surface area contributed by atoms with E-state index in [2.05, 4.69) is 58.2 Å². The third kappa shape index (κ3) is 6.36. The molecular weight excluding hydrogens is 376 g/mol. The van der Waals surface area contributed by atoms with Crippen LogP contribution in [0.4, 0.5) is 0 Å². The topological polar surface area (TPSA) is 70.6 Å². The second-order valence-corrected chi connectivity index (χ2v) is 8.44. The maximum absolute atomic E-state index is 5.77. The summed E-state index contributed by atoms with van der Waals surface area (Å²) in [5.74, 6) is 2.30. The summed E-state index contributed by atoms with van der Waals surface area (Å²) in [6, 6.07) is 6.42. The number of aromatic nitrogens is 2. The number of rotatable bonds is 9. The van der Waals surface area contributed by atoms with Crippen LogP contribution in [0.25, 0.3) is 0 Å². The Balaban J connectivity index is 1.59. The van der Waals surface area contributed by atoms with Crippen LogP contribution in [0.5, 0.6) is 0 Å². The van der Waals surface area contributed by atoms with Crippen LogP contribution in [0.1, 0.15) is 56.3 Å². The summed E-state index contributed by atoms with van der Waals surface area (Å²) in [7, 11) is 0. The number of hydrogen-bond donors (Lipinski definition) is 2. The molecule has 3 rings (SSSR count). The minimum absolute atomic E-state index is 0.233. The van der Waals surface area contributed by atoms with Crippen LogP contribution in [0.2, 0.25) is 0 Å². The van der Waals surface area contributed by atoms with Gasteiger partial charge in [0.1, 0.15) is 5.76 Å². The monoisotopic (exact) mass is 414 g/mol. The second kappa shape index (κ2) is 11.2. The van der Waals surface area contributed by atoms with Crippen LogP contribution in [0, 0.1) is 19.8 Å². The fraction of sp³-hybridized carbons (Fsp3) is 0.652. The molecule has 7 nitrogen and oxygen atoms in total. The van der Waals surface area contributed by atoms with Gasteiger partial charge < -0.3 is 15.1 Å². The maximum Gasteiger partial charge on any atom is 0.191 e. The first-order chi connectivity index (χ1) is 14.6. The van der Waals surface area contributed by atoms with Crippen molar-refractivity contribution in [2.24, 2.45) is 10.9 Å². The molecule has 30 heavy (non-hydrogen) atoms. The van der Waals surface area contributed by atoms with E-state index in [0.29, 0.717) is 5.92 Å². The van der Waals surface area contributed by atoms with Gasteiger partial charge in [0.2, 0.25) is 0 Å². The molecule has 0 aliphatic carbocycles. The first-order valence-corrected chi connectivity index (χ1v) is 11.4. The van der Waals surface area contributed by atoms with Gasteiger partial charge in [-0.1, -0.05) is 13.3 Å². The summed E-state index contributed by atoms with van der Waals surface area (Å²) >= 11 is 0. The Bertz CT molecular complexity index is 776. The lowest BCUT2D eigenvalue weighted by molar-refractivity contribution is 0.146. The molecular formula is C23H38N6O. The third-order valence-corrected chi connectivity index (χ3v) is 5.66. The summed E-state index contributed by atoms with van der Waals surface area (Å²) in [6.07, 6.45) is 5.61. The number of hydrogen-bond acceptors (Lipinski definition) is 4. The van der Waals surface area contributed by atoms with Gasteiger partial charge in [-0.25, -0.2) is 0 Å². The van der Waals surface area contributed by atoms with Crippen molar-refractivity contribution in [3.05, 3.63) is 41.6 Å². The van der Waals surface area contributed by atoms with Gasteiger partial charge >= 0.3 is 0 Å². The van der Waals surface area contributed by atoms with E-state index in [1.54, 1.807) is 6.26 Å². The number of likely N-dealkylation sites (tertiary alicyclic amines) is 1. The van der Waals surface area contributed by atoms with Crippen LogP contribution in [0.3, 0.4) is 0 Å². The average Bonchev–Trinajstić information content (AvgIpc) is 3.37. The molecule has 0 saturated carbocycles. The van der Waals surface area contributed by atoms with E-state index in [0.717, 1.165) is 56.7 Å². The van der Waals surface area contributed by atoms with Crippen molar-refractivity contribution >= 4 is 5.96 Å². The van der Waals surface area contributed by atoms with Crippen molar-refractivity contribution in [1.82, 2.24) is 25.3 Å². The Hall–Kier alpha value is -2.28. The molecule has 0 bridgehead atoms. The quantitative estimate of drug-likeness (QED) is 0.485. The number of aliphatic imine (C=N–C) groups is 1. The second-order valence-electron chi connectivity index (χ2n) is 8.44. The first kappa shape index (κ1) is 22.4. The highest BCUT2D eigenvalue weighted by Crippen LogP contribution is 2.24. The molecule has 2 N–H and O–H groups in total. The Labute approximate surface area is 180 Å². The maximum atomic E-state index is 5.77. The van der Waals surface area contributed by atoms with Gasteiger partial charge in [0.05, 0.1) is 18.0 Å². The van der Waals surface area contributed by atoms with Gasteiger partial charge in [-0.05, 0) is 70.8 Å². The van der Waals surface area contributed by atoms with Crippen LogP contribution >= 0.6 is 0 Å². The molecule has 0 aromatic carbocycles. The molecule has 2 aromatic heterocycles. The molecule has 1 aliphatic heterocycles. The van der Waals surface area contributed by atoms with E-state index < -0.39 is 0 Å². The van der Waals surface area contributed by atoms with Gasteiger partial charge in [-0.15, -0.1) is 0 Å². The van der Waals surface area contributed by atoms with Crippen LogP contribution < -0.4 is 10.6 Å². The van der Waals surface area contributed by atoms with Crippen LogP contribution in [-0.4, -0.2) is 53.4 Å². The number of guanidine groups is 1. The average molecular weight is 415 g/mol. The zero-order chi connectivity index (χ0) is 21.3. The van der Waals surface area contributed by atoms with E-state index in [9.17, 15) is 0 Å². The van der Waals surface area contributed by atoms with E-state index >= 15 is 0 Å². The summed E-state index contributed by atoms with van der Waals surface area (Å²) in [5, 5.41) is 11.5. The van der Waals surface area contributed by atoms with Crippen molar-refractivity contribution < 1.29 is 4.42 Å². The van der Waals surface area contributed by atoms with Crippen molar-refractivity contribution in [2.45, 2.75) is 59.5 Å². The molecule has 7 heteroatoms. The van der Waals surface area contributed by atoms with Gasteiger partial charge in [-0.2, -0.15) is 5.10 Å². The standard InChI is InChI=1S/C23H38N6O/c1-5-24-23(25-15-18(2)17-29-20(4)14-19(3)27-29)26-16-21(22-10-9-13-30-22)28-11-7-6-8-12-28/h9-10,13-14,18,21H,5-8,11-12,15-17H2,1-4H3,(H2,24,25,26). The Morgan fingerprint density at radius 1 is 1.23 bits per heavy atom. The zero-order valence-electron chi connectivity index (χ0n) is 19.0. The highest BCUT2D eigenvalue weighted by Gasteiger charge is 2.24. The van der Waals surface area contributed by atoms with Crippen molar-refractivity contribution in [2.75, 3.05) is 32.7 Å². The minimum atomic E-state index is 0.233. The van der Waals surface area contributed by atoms with Gasteiger partial charge in [0.15, 0.2) is 5.96 Å². The Kier molecular flexibility index (Phi) is 8.37.